The van der Waals surface area contributed by atoms with Crippen LogP contribution in [0, 0.1) is 12.8 Å². The van der Waals surface area contributed by atoms with Crippen molar-refractivity contribution in [3.63, 3.8) is 0 Å². The summed E-state index contributed by atoms with van der Waals surface area (Å²) in [6, 6.07) is 0. The summed E-state index contributed by atoms with van der Waals surface area (Å²) >= 11 is 2.06. The lowest BCUT2D eigenvalue weighted by molar-refractivity contribution is 0.515. The minimum atomic E-state index is 0.727. The summed E-state index contributed by atoms with van der Waals surface area (Å²) < 4.78 is 0. The molecule has 1 aromatic heterocycles. The number of rotatable bonds is 6. The number of aryl methyl sites for hydroxylation is 1. The van der Waals surface area contributed by atoms with Gasteiger partial charge in [-0.3, -0.25) is 0 Å². The Morgan fingerprint density at radius 1 is 1.25 bits per heavy atom. The van der Waals surface area contributed by atoms with E-state index in [1.165, 1.54) is 24.3 Å². The van der Waals surface area contributed by atoms with Crippen LogP contribution in [0.15, 0.2) is 0 Å². The summed E-state index contributed by atoms with van der Waals surface area (Å²) in [5.74, 6) is 11.4. The molecule has 1 aromatic rings. The number of anilines is 2. The second kappa shape index (κ2) is 7.69. The van der Waals surface area contributed by atoms with E-state index in [0.717, 1.165) is 48.3 Å². The molecule has 1 aliphatic heterocycles. The Morgan fingerprint density at radius 3 is 2.60 bits per heavy atom. The zero-order valence-electron chi connectivity index (χ0n) is 12.4. The van der Waals surface area contributed by atoms with E-state index in [0.29, 0.717) is 0 Å². The molecule has 2 rings (SSSR count). The van der Waals surface area contributed by atoms with Crippen molar-refractivity contribution in [2.75, 3.05) is 28.8 Å². The van der Waals surface area contributed by atoms with E-state index >= 15 is 0 Å². The number of hydrogen-bond acceptors (Lipinski definition) is 6. The minimum Gasteiger partial charge on any atom is -0.369 e. The average Bonchev–Trinajstić information content (AvgIpc) is 2.48. The Hall–Kier alpha value is -1.01. The largest absolute Gasteiger partial charge is 0.369 e. The first-order chi connectivity index (χ1) is 9.74. The summed E-state index contributed by atoms with van der Waals surface area (Å²) in [5, 5.41) is 3.50. The molecule has 1 saturated heterocycles. The molecule has 2 heterocycles. The maximum Gasteiger partial charge on any atom is 0.148 e. The topological polar surface area (TPSA) is 75.9 Å². The van der Waals surface area contributed by atoms with Gasteiger partial charge in [0.25, 0.3) is 0 Å². The van der Waals surface area contributed by atoms with Crippen LogP contribution in [0.1, 0.15) is 37.6 Å². The van der Waals surface area contributed by atoms with Crippen molar-refractivity contribution in [3.8, 4) is 0 Å². The lowest BCUT2D eigenvalue weighted by Crippen LogP contribution is -2.21. The fraction of sp³-hybridized carbons (Fsp3) is 0.714. The molecule has 0 radical (unpaired) electrons. The molecule has 20 heavy (non-hydrogen) atoms. The van der Waals surface area contributed by atoms with Gasteiger partial charge < -0.3 is 10.7 Å². The van der Waals surface area contributed by atoms with Crippen LogP contribution in [-0.2, 0) is 6.42 Å². The van der Waals surface area contributed by atoms with E-state index < -0.39 is 0 Å². The number of hydrogen-bond donors (Lipinski definition) is 3. The van der Waals surface area contributed by atoms with Crippen molar-refractivity contribution >= 4 is 23.4 Å². The Labute approximate surface area is 125 Å². The third kappa shape index (κ3) is 3.99. The van der Waals surface area contributed by atoms with Gasteiger partial charge in [-0.2, -0.15) is 11.8 Å². The minimum absolute atomic E-state index is 0.727. The Morgan fingerprint density at radius 2 is 1.95 bits per heavy atom. The van der Waals surface area contributed by atoms with Gasteiger partial charge in [-0.05, 0) is 43.6 Å². The summed E-state index contributed by atoms with van der Waals surface area (Å²) in [4.78, 5) is 9.08. The summed E-state index contributed by atoms with van der Waals surface area (Å²) in [7, 11) is 0. The van der Waals surface area contributed by atoms with Crippen LogP contribution in [0.3, 0.4) is 0 Å². The van der Waals surface area contributed by atoms with E-state index in [1.54, 1.807) is 0 Å². The maximum absolute atomic E-state index is 5.55. The van der Waals surface area contributed by atoms with Gasteiger partial charge in [0.2, 0.25) is 0 Å². The third-order valence-corrected chi connectivity index (χ3v) is 4.75. The van der Waals surface area contributed by atoms with Crippen LogP contribution in [0.2, 0.25) is 0 Å². The molecule has 1 fully saturated rings. The SMILES string of the molecule is CCCc1nc(NN)c(C)c(NCC2CCSCC2)n1. The first kappa shape index (κ1) is 15.4. The lowest BCUT2D eigenvalue weighted by Gasteiger charge is -2.22. The van der Waals surface area contributed by atoms with E-state index in [1.807, 2.05) is 6.92 Å². The highest BCUT2D eigenvalue weighted by Gasteiger charge is 2.15. The van der Waals surface area contributed by atoms with Gasteiger partial charge in [0, 0.05) is 18.5 Å². The number of nitrogens with two attached hydrogens (primary N) is 1. The van der Waals surface area contributed by atoms with Crippen LogP contribution in [0.25, 0.3) is 0 Å². The molecule has 0 amide bonds. The van der Waals surface area contributed by atoms with Crippen LogP contribution < -0.4 is 16.6 Å². The first-order valence-electron chi connectivity index (χ1n) is 7.40. The Bertz CT molecular complexity index is 432. The van der Waals surface area contributed by atoms with Gasteiger partial charge in [-0.1, -0.05) is 6.92 Å². The maximum atomic E-state index is 5.55. The van der Waals surface area contributed by atoms with Gasteiger partial charge in [0.15, 0.2) is 0 Å². The Kier molecular flexibility index (Phi) is 5.91. The summed E-state index contributed by atoms with van der Waals surface area (Å²) in [5.41, 5.74) is 3.68. The molecule has 0 bridgehead atoms. The molecule has 0 aliphatic carbocycles. The highest BCUT2D eigenvalue weighted by Crippen LogP contribution is 2.24. The van der Waals surface area contributed by atoms with Crippen LogP contribution in [0.4, 0.5) is 11.6 Å². The molecule has 6 heteroatoms. The van der Waals surface area contributed by atoms with Gasteiger partial charge >= 0.3 is 0 Å². The second-order valence-corrected chi connectivity index (χ2v) is 6.52. The number of nitrogen functional groups attached to an aromatic ring is 1. The molecule has 0 unspecified atom stereocenters. The summed E-state index contributed by atoms with van der Waals surface area (Å²) in [6.07, 6.45) is 4.51. The third-order valence-electron chi connectivity index (χ3n) is 3.70. The Balaban J connectivity index is 2.06. The van der Waals surface area contributed by atoms with Crippen molar-refractivity contribution < 1.29 is 0 Å². The predicted molar refractivity (Wildman–Crippen MR) is 87.1 cm³/mol. The van der Waals surface area contributed by atoms with Gasteiger partial charge in [0.05, 0.1) is 0 Å². The van der Waals surface area contributed by atoms with Crippen molar-refractivity contribution in [1.82, 2.24) is 9.97 Å². The normalized spacial score (nSPS) is 16.1. The van der Waals surface area contributed by atoms with Crippen molar-refractivity contribution in [1.29, 1.82) is 0 Å². The van der Waals surface area contributed by atoms with E-state index in [9.17, 15) is 0 Å². The quantitative estimate of drug-likeness (QED) is 0.553. The first-order valence-corrected chi connectivity index (χ1v) is 8.55. The fourth-order valence-corrected chi connectivity index (χ4v) is 3.61. The number of nitrogens with zero attached hydrogens (tertiary/aromatic N) is 2. The molecule has 5 nitrogen and oxygen atoms in total. The zero-order valence-corrected chi connectivity index (χ0v) is 13.2. The molecule has 0 aromatic carbocycles. The van der Waals surface area contributed by atoms with Gasteiger partial charge in [-0.25, -0.2) is 15.8 Å². The average molecular weight is 295 g/mol. The molecular weight excluding hydrogens is 270 g/mol. The molecule has 0 spiro atoms. The second-order valence-electron chi connectivity index (χ2n) is 5.29. The van der Waals surface area contributed by atoms with Crippen molar-refractivity contribution in [2.45, 2.75) is 39.5 Å². The van der Waals surface area contributed by atoms with Crippen LogP contribution in [-0.4, -0.2) is 28.0 Å². The molecule has 1 aliphatic rings. The van der Waals surface area contributed by atoms with E-state index in [2.05, 4.69) is 39.4 Å². The molecular formula is C14H25N5S. The number of hydrazine groups is 1. The summed E-state index contributed by atoms with van der Waals surface area (Å²) in [6.45, 7) is 5.13. The number of aromatic nitrogens is 2. The van der Waals surface area contributed by atoms with E-state index in [-0.39, 0.29) is 0 Å². The number of nitrogens with one attached hydrogen (secondary N) is 2. The molecule has 4 N–H and O–H groups in total. The lowest BCUT2D eigenvalue weighted by atomic mass is 10.0. The van der Waals surface area contributed by atoms with Gasteiger partial charge in [-0.15, -0.1) is 0 Å². The molecule has 112 valence electrons. The fourth-order valence-electron chi connectivity index (χ4n) is 2.40. The molecule has 0 atom stereocenters. The molecule has 0 saturated carbocycles. The van der Waals surface area contributed by atoms with Crippen molar-refractivity contribution in [2.24, 2.45) is 11.8 Å². The highest BCUT2D eigenvalue weighted by atomic mass is 32.2. The van der Waals surface area contributed by atoms with Crippen LogP contribution >= 0.6 is 11.8 Å². The zero-order chi connectivity index (χ0) is 14.4. The van der Waals surface area contributed by atoms with Crippen LogP contribution in [0.5, 0.6) is 0 Å². The number of thioether (sulfide) groups is 1. The smallest absolute Gasteiger partial charge is 0.148 e. The predicted octanol–water partition coefficient (Wildman–Crippen LogP) is 2.58. The highest BCUT2D eigenvalue weighted by molar-refractivity contribution is 7.99. The standard InChI is InChI=1S/C14H25N5S/c1-3-4-12-17-13(10(2)14(18-12)19-15)16-9-11-5-7-20-8-6-11/h11H,3-9,15H2,1-2H3,(H2,16,17,18,19). The monoisotopic (exact) mass is 295 g/mol. The van der Waals surface area contributed by atoms with Gasteiger partial charge in [0.1, 0.15) is 17.5 Å². The van der Waals surface area contributed by atoms with E-state index in [4.69, 9.17) is 5.84 Å². The van der Waals surface area contributed by atoms with Crippen molar-refractivity contribution in [3.05, 3.63) is 11.4 Å².